The molecule has 0 atom stereocenters. The van der Waals surface area contributed by atoms with Crippen molar-refractivity contribution in [1.82, 2.24) is 25.4 Å². The lowest BCUT2D eigenvalue weighted by atomic mass is 10.1. The number of carbonyl (C=O) groups excluding carboxylic acids is 1. The van der Waals surface area contributed by atoms with Crippen molar-refractivity contribution >= 4 is 12.1 Å². The van der Waals surface area contributed by atoms with E-state index < -0.39 is 11.9 Å². The fourth-order valence-corrected chi connectivity index (χ4v) is 2.32. The number of carbonyl (C=O) groups is 1. The molecule has 3 rings (SSSR count). The van der Waals surface area contributed by atoms with E-state index in [9.17, 15) is 9.18 Å². The van der Waals surface area contributed by atoms with Crippen LogP contribution in [0.25, 0.3) is 11.3 Å². The summed E-state index contributed by atoms with van der Waals surface area (Å²) in [4.78, 5) is 12.1. The summed E-state index contributed by atoms with van der Waals surface area (Å²) in [6, 6.07) is 9.43. The van der Waals surface area contributed by atoms with Gasteiger partial charge in [0.2, 0.25) is 5.95 Å². The monoisotopic (exact) mass is 340 g/mol. The third-order valence-electron chi connectivity index (χ3n) is 3.73. The van der Waals surface area contributed by atoms with Gasteiger partial charge in [0.25, 0.3) is 5.91 Å². The van der Waals surface area contributed by atoms with Crippen molar-refractivity contribution < 1.29 is 9.18 Å². The van der Waals surface area contributed by atoms with Crippen molar-refractivity contribution in [3.63, 3.8) is 0 Å². The van der Waals surface area contributed by atoms with E-state index in [0.717, 1.165) is 15.8 Å². The van der Waals surface area contributed by atoms with Gasteiger partial charge in [-0.1, -0.05) is 29.8 Å². The largest absolute Gasteiger partial charge is 0.289 e. The molecule has 0 aliphatic rings. The number of hydrogen-bond acceptors (Lipinski definition) is 4. The average Bonchev–Trinajstić information content (AvgIpc) is 3.16. The molecule has 0 spiro atoms. The van der Waals surface area contributed by atoms with Gasteiger partial charge < -0.3 is 0 Å². The summed E-state index contributed by atoms with van der Waals surface area (Å²) < 4.78 is 14.9. The number of hydrazone groups is 1. The molecule has 0 fully saturated rings. The maximum absolute atomic E-state index is 13.8. The molecular formula is C17H17FN6O. The first-order valence-corrected chi connectivity index (χ1v) is 7.60. The molecule has 1 amide bonds. The zero-order chi connectivity index (χ0) is 18.0. The summed E-state index contributed by atoms with van der Waals surface area (Å²) in [5, 5.41) is 14.5. The number of rotatable bonds is 4. The van der Waals surface area contributed by atoms with Crippen LogP contribution in [-0.2, 0) is 7.05 Å². The van der Waals surface area contributed by atoms with Crippen molar-refractivity contribution in [3.05, 3.63) is 58.8 Å². The van der Waals surface area contributed by atoms with E-state index in [-0.39, 0.29) is 11.3 Å². The molecule has 25 heavy (non-hydrogen) atoms. The summed E-state index contributed by atoms with van der Waals surface area (Å²) >= 11 is 0. The Labute approximate surface area is 143 Å². The van der Waals surface area contributed by atoms with E-state index in [1.54, 1.807) is 13.0 Å². The minimum Gasteiger partial charge on any atom is -0.272 e. The van der Waals surface area contributed by atoms with Gasteiger partial charge in [0.05, 0.1) is 23.2 Å². The summed E-state index contributed by atoms with van der Waals surface area (Å²) in [5.41, 5.74) is 6.02. The molecule has 0 bridgehead atoms. The smallest absolute Gasteiger partial charge is 0.272 e. The van der Waals surface area contributed by atoms with Gasteiger partial charge in [-0.05, 0) is 19.9 Å². The third-order valence-corrected chi connectivity index (χ3v) is 3.73. The second-order valence-corrected chi connectivity index (χ2v) is 5.65. The van der Waals surface area contributed by atoms with E-state index in [4.69, 9.17) is 0 Å². The maximum atomic E-state index is 13.8. The van der Waals surface area contributed by atoms with E-state index in [1.807, 2.05) is 31.2 Å². The van der Waals surface area contributed by atoms with Gasteiger partial charge in [-0.3, -0.25) is 9.89 Å². The predicted octanol–water partition coefficient (Wildman–Crippen LogP) is 2.33. The average molecular weight is 340 g/mol. The summed E-state index contributed by atoms with van der Waals surface area (Å²) in [5.74, 6) is -0.984. The number of amides is 1. The van der Waals surface area contributed by atoms with Gasteiger partial charge in [-0.25, -0.2) is 10.1 Å². The second-order valence-electron chi connectivity index (χ2n) is 5.65. The Bertz CT molecular complexity index is 939. The Morgan fingerprint density at radius 3 is 2.68 bits per heavy atom. The molecule has 8 heteroatoms. The molecule has 0 aliphatic heterocycles. The predicted molar refractivity (Wildman–Crippen MR) is 91.7 cm³/mol. The number of benzene rings is 1. The molecule has 2 aromatic heterocycles. The Morgan fingerprint density at radius 2 is 2.04 bits per heavy atom. The lowest BCUT2D eigenvalue weighted by Crippen LogP contribution is -2.18. The van der Waals surface area contributed by atoms with Crippen LogP contribution >= 0.6 is 0 Å². The normalized spacial score (nSPS) is 11.2. The Kier molecular flexibility index (Phi) is 4.42. The van der Waals surface area contributed by atoms with Crippen LogP contribution in [0.15, 0.2) is 35.4 Å². The maximum Gasteiger partial charge on any atom is 0.289 e. The molecular weight excluding hydrogens is 323 g/mol. The molecule has 2 N–H and O–H groups in total. The van der Waals surface area contributed by atoms with Crippen LogP contribution in [0.5, 0.6) is 0 Å². The lowest BCUT2D eigenvalue weighted by Gasteiger charge is -1.96. The van der Waals surface area contributed by atoms with Crippen LogP contribution in [0.2, 0.25) is 0 Å². The van der Waals surface area contributed by atoms with Crippen LogP contribution in [0.3, 0.4) is 0 Å². The highest BCUT2D eigenvalue weighted by atomic mass is 19.1. The van der Waals surface area contributed by atoms with Crippen molar-refractivity contribution in [2.75, 3.05) is 0 Å². The van der Waals surface area contributed by atoms with Gasteiger partial charge in [0, 0.05) is 12.6 Å². The molecule has 3 aromatic rings. The molecule has 0 aliphatic carbocycles. The van der Waals surface area contributed by atoms with Crippen LogP contribution in [0, 0.1) is 19.8 Å². The molecule has 128 valence electrons. The fourth-order valence-electron chi connectivity index (χ4n) is 2.32. The van der Waals surface area contributed by atoms with Crippen molar-refractivity contribution in [2.24, 2.45) is 12.1 Å². The fraction of sp³-hybridized carbons (Fsp3) is 0.176. The number of aryl methyl sites for hydroxylation is 3. The highest BCUT2D eigenvalue weighted by molar-refractivity contribution is 5.94. The topological polar surface area (TPSA) is 88.0 Å². The van der Waals surface area contributed by atoms with Crippen molar-refractivity contribution in [1.29, 1.82) is 0 Å². The van der Waals surface area contributed by atoms with Gasteiger partial charge in [-0.2, -0.15) is 19.7 Å². The van der Waals surface area contributed by atoms with Crippen LogP contribution < -0.4 is 5.43 Å². The number of halogens is 1. The van der Waals surface area contributed by atoms with Gasteiger partial charge >= 0.3 is 0 Å². The SMILES string of the molecule is Cc1ccc(-c2cc(C(=O)N/N=C\c3c(C)nn(C)c3F)[nH]n2)cc1. The zero-order valence-electron chi connectivity index (χ0n) is 14.0. The van der Waals surface area contributed by atoms with E-state index in [0.29, 0.717) is 11.4 Å². The Hall–Kier alpha value is -3.29. The van der Waals surface area contributed by atoms with Gasteiger partial charge in [-0.15, -0.1) is 0 Å². The number of nitrogens with zero attached hydrogens (tertiary/aromatic N) is 4. The van der Waals surface area contributed by atoms with Crippen molar-refractivity contribution in [3.8, 4) is 11.3 Å². The molecule has 0 saturated heterocycles. The zero-order valence-corrected chi connectivity index (χ0v) is 14.0. The minimum atomic E-state index is -0.515. The number of hydrogen-bond donors (Lipinski definition) is 2. The first-order chi connectivity index (χ1) is 12.0. The van der Waals surface area contributed by atoms with Crippen LogP contribution in [-0.4, -0.2) is 32.1 Å². The summed E-state index contributed by atoms with van der Waals surface area (Å²) in [7, 11) is 1.50. The molecule has 0 saturated carbocycles. The molecule has 0 unspecified atom stereocenters. The number of nitrogens with one attached hydrogen (secondary N) is 2. The number of aromatic amines is 1. The van der Waals surface area contributed by atoms with E-state index in [1.165, 1.54) is 13.3 Å². The van der Waals surface area contributed by atoms with Gasteiger partial charge in [0.1, 0.15) is 5.69 Å². The highest BCUT2D eigenvalue weighted by Crippen LogP contribution is 2.18. The minimum absolute atomic E-state index is 0.229. The Morgan fingerprint density at radius 1 is 1.32 bits per heavy atom. The molecule has 2 heterocycles. The molecule has 0 radical (unpaired) electrons. The molecule has 7 nitrogen and oxygen atoms in total. The van der Waals surface area contributed by atoms with Crippen LogP contribution in [0.4, 0.5) is 4.39 Å². The Balaban J connectivity index is 1.70. The van der Waals surface area contributed by atoms with E-state index in [2.05, 4.69) is 25.8 Å². The van der Waals surface area contributed by atoms with E-state index >= 15 is 0 Å². The quantitative estimate of drug-likeness (QED) is 0.564. The first-order valence-electron chi connectivity index (χ1n) is 7.60. The van der Waals surface area contributed by atoms with Crippen LogP contribution in [0.1, 0.15) is 27.3 Å². The number of H-pyrrole nitrogens is 1. The number of aromatic nitrogens is 4. The molecule has 1 aromatic carbocycles. The lowest BCUT2D eigenvalue weighted by molar-refractivity contribution is 0.0950. The van der Waals surface area contributed by atoms with Gasteiger partial charge in [0.15, 0.2) is 0 Å². The summed E-state index contributed by atoms with van der Waals surface area (Å²) in [6.07, 6.45) is 1.23. The standard InChI is InChI=1S/C17H17FN6O/c1-10-4-6-12(7-5-10)14-8-15(21-20-14)17(25)22-19-9-13-11(2)23-24(3)16(13)18/h4-9H,1-3H3,(H,20,21)(H,22,25)/b19-9-. The van der Waals surface area contributed by atoms with Crippen molar-refractivity contribution in [2.45, 2.75) is 13.8 Å². The highest BCUT2D eigenvalue weighted by Gasteiger charge is 2.12. The summed E-state index contributed by atoms with van der Waals surface area (Å²) in [6.45, 7) is 3.66. The third kappa shape index (κ3) is 3.47. The first kappa shape index (κ1) is 16.6. The second kappa shape index (κ2) is 6.68.